The Labute approximate surface area is 79.0 Å². The first-order valence-corrected chi connectivity index (χ1v) is 3.89. The topological polar surface area (TPSA) is 46.2 Å². The van der Waals surface area contributed by atoms with E-state index in [4.69, 9.17) is 5.11 Å². The van der Waals surface area contributed by atoms with Crippen LogP contribution in [0.15, 0.2) is 43.6 Å². The second-order valence-corrected chi connectivity index (χ2v) is 2.55. The van der Waals surface area contributed by atoms with Crippen molar-refractivity contribution < 1.29 is 5.11 Å². The molecule has 0 saturated heterocycles. The van der Waals surface area contributed by atoms with Crippen LogP contribution in [0, 0.1) is 6.92 Å². The number of hydrogen-bond acceptors (Lipinski definition) is 2. The Balaban J connectivity index is 0.000000424. The molecular weight excluding hydrogens is 162 g/mol. The van der Waals surface area contributed by atoms with Crippen molar-refractivity contribution in [3.8, 4) is 0 Å². The van der Waals surface area contributed by atoms with Gasteiger partial charge in [-0.25, -0.2) is 0 Å². The van der Waals surface area contributed by atoms with Crippen molar-refractivity contribution >= 4 is 5.76 Å². The molecule has 0 aliphatic heterocycles. The van der Waals surface area contributed by atoms with Gasteiger partial charge in [0.2, 0.25) is 0 Å². The SMILES string of the molecule is C=C(O)c1cccc(C)c1.C=CN. The first kappa shape index (κ1) is 11.3. The lowest BCUT2D eigenvalue weighted by molar-refractivity contribution is 0.514. The van der Waals surface area contributed by atoms with E-state index >= 15 is 0 Å². The van der Waals surface area contributed by atoms with Crippen LogP contribution < -0.4 is 5.73 Å². The highest BCUT2D eigenvalue weighted by molar-refractivity contribution is 5.56. The number of aliphatic hydroxyl groups excluding tert-OH is 1. The van der Waals surface area contributed by atoms with Crippen LogP contribution in [0.5, 0.6) is 0 Å². The Hall–Kier alpha value is -1.70. The molecule has 0 atom stereocenters. The summed E-state index contributed by atoms with van der Waals surface area (Å²) in [4.78, 5) is 0. The number of benzene rings is 1. The minimum atomic E-state index is 0.128. The van der Waals surface area contributed by atoms with Crippen LogP contribution in [-0.4, -0.2) is 5.11 Å². The summed E-state index contributed by atoms with van der Waals surface area (Å²) in [5.41, 5.74) is 6.53. The van der Waals surface area contributed by atoms with E-state index in [1.807, 2.05) is 31.2 Å². The van der Waals surface area contributed by atoms with Crippen LogP contribution in [0.25, 0.3) is 5.76 Å². The number of nitrogens with two attached hydrogens (primary N) is 1. The molecule has 13 heavy (non-hydrogen) atoms. The zero-order chi connectivity index (χ0) is 10.3. The Morgan fingerprint density at radius 1 is 1.54 bits per heavy atom. The van der Waals surface area contributed by atoms with Gasteiger partial charge in [-0.3, -0.25) is 0 Å². The Kier molecular flexibility index (Phi) is 5.12. The molecule has 0 aliphatic carbocycles. The smallest absolute Gasteiger partial charge is 0.115 e. The lowest BCUT2D eigenvalue weighted by atomic mass is 10.1. The summed E-state index contributed by atoms with van der Waals surface area (Å²) >= 11 is 0. The van der Waals surface area contributed by atoms with Gasteiger partial charge in [-0.05, 0) is 19.2 Å². The Bertz CT molecular complexity index is 292. The molecule has 0 aliphatic rings. The van der Waals surface area contributed by atoms with Crippen molar-refractivity contribution in [1.82, 2.24) is 0 Å². The first-order chi connectivity index (χ1) is 6.11. The first-order valence-electron chi connectivity index (χ1n) is 3.89. The fraction of sp³-hybridized carbons (Fsp3) is 0.0909. The maximum atomic E-state index is 8.95. The molecule has 2 heteroatoms. The standard InChI is InChI=1S/C9H10O.C2H5N/c1-7-4-3-5-9(6-7)8(2)10;1-2-3/h3-6,10H,2H2,1H3;2H,1,3H2. The van der Waals surface area contributed by atoms with Crippen molar-refractivity contribution in [2.75, 3.05) is 0 Å². The highest BCUT2D eigenvalue weighted by Crippen LogP contribution is 2.09. The van der Waals surface area contributed by atoms with Crippen molar-refractivity contribution in [2.24, 2.45) is 5.73 Å². The largest absolute Gasteiger partial charge is 0.508 e. The second kappa shape index (κ2) is 5.89. The van der Waals surface area contributed by atoms with Crippen molar-refractivity contribution in [3.63, 3.8) is 0 Å². The summed E-state index contributed by atoms with van der Waals surface area (Å²) in [6.07, 6.45) is 1.25. The van der Waals surface area contributed by atoms with Gasteiger partial charge in [-0.2, -0.15) is 0 Å². The van der Waals surface area contributed by atoms with Crippen LogP contribution in [-0.2, 0) is 0 Å². The molecule has 0 aromatic heterocycles. The predicted octanol–water partition coefficient (Wildman–Crippen LogP) is 2.61. The molecule has 0 amide bonds. The average molecular weight is 177 g/mol. The summed E-state index contributed by atoms with van der Waals surface area (Å²) in [6, 6.07) is 7.59. The molecule has 1 aromatic rings. The molecule has 0 fully saturated rings. The molecule has 0 spiro atoms. The normalized spacial score (nSPS) is 8.08. The van der Waals surface area contributed by atoms with Crippen LogP contribution >= 0.6 is 0 Å². The van der Waals surface area contributed by atoms with E-state index in [2.05, 4.69) is 18.9 Å². The molecule has 1 rings (SSSR count). The molecule has 0 bridgehead atoms. The van der Waals surface area contributed by atoms with E-state index in [9.17, 15) is 0 Å². The summed E-state index contributed by atoms with van der Waals surface area (Å²) in [6.45, 7) is 8.54. The summed E-state index contributed by atoms with van der Waals surface area (Å²) in [5, 5.41) is 8.95. The highest BCUT2D eigenvalue weighted by atomic mass is 16.3. The van der Waals surface area contributed by atoms with Gasteiger partial charge in [0.05, 0.1) is 0 Å². The van der Waals surface area contributed by atoms with E-state index in [1.165, 1.54) is 6.20 Å². The van der Waals surface area contributed by atoms with Gasteiger partial charge >= 0.3 is 0 Å². The maximum Gasteiger partial charge on any atom is 0.115 e. The van der Waals surface area contributed by atoms with Crippen LogP contribution in [0.4, 0.5) is 0 Å². The van der Waals surface area contributed by atoms with Crippen molar-refractivity contribution in [3.05, 3.63) is 54.8 Å². The average Bonchev–Trinajstić information content (AvgIpc) is 2.05. The maximum absolute atomic E-state index is 8.95. The lowest BCUT2D eigenvalue weighted by Gasteiger charge is -1.97. The van der Waals surface area contributed by atoms with E-state index in [1.54, 1.807) is 0 Å². The number of rotatable bonds is 1. The summed E-state index contributed by atoms with van der Waals surface area (Å²) in [5.74, 6) is 0.128. The van der Waals surface area contributed by atoms with Gasteiger partial charge in [0.1, 0.15) is 5.76 Å². The third-order valence-corrected chi connectivity index (χ3v) is 1.35. The Morgan fingerprint density at radius 3 is 2.38 bits per heavy atom. The van der Waals surface area contributed by atoms with E-state index in [0.717, 1.165) is 11.1 Å². The van der Waals surface area contributed by atoms with Crippen LogP contribution in [0.3, 0.4) is 0 Å². The third kappa shape index (κ3) is 4.69. The van der Waals surface area contributed by atoms with Gasteiger partial charge in [0.25, 0.3) is 0 Å². The summed E-state index contributed by atoms with van der Waals surface area (Å²) < 4.78 is 0. The van der Waals surface area contributed by atoms with Crippen LogP contribution in [0.2, 0.25) is 0 Å². The number of hydrogen-bond donors (Lipinski definition) is 2. The van der Waals surface area contributed by atoms with Crippen molar-refractivity contribution in [2.45, 2.75) is 6.92 Å². The van der Waals surface area contributed by atoms with Gasteiger partial charge in [-0.15, -0.1) is 0 Å². The minimum Gasteiger partial charge on any atom is -0.508 e. The predicted molar refractivity (Wildman–Crippen MR) is 57.2 cm³/mol. The highest BCUT2D eigenvalue weighted by Gasteiger charge is 1.92. The van der Waals surface area contributed by atoms with E-state index in [0.29, 0.717) is 0 Å². The summed E-state index contributed by atoms with van der Waals surface area (Å²) in [7, 11) is 0. The molecule has 0 heterocycles. The van der Waals surface area contributed by atoms with E-state index in [-0.39, 0.29) is 5.76 Å². The quantitative estimate of drug-likeness (QED) is 0.648. The fourth-order valence-electron chi connectivity index (χ4n) is 0.825. The third-order valence-electron chi connectivity index (χ3n) is 1.35. The zero-order valence-electron chi connectivity index (χ0n) is 7.83. The van der Waals surface area contributed by atoms with E-state index < -0.39 is 0 Å². The van der Waals surface area contributed by atoms with Gasteiger partial charge < -0.3 is 10.8 Å². The molecule has 2 nitrogen and oxygen atoms in total. The zero-order valence-corrected chi connectivity index (χ0v) is 7.83. The van der Waals surface area contributed by atoms with Crippen LogP contribution in [0.1, 0.15) is 11.1 Å². The fourth-order valence-corrected chi connectivity index (χ4v) is 0.825. The molecule has 0 radical (unpaired) electrons. The van der Waals surface area contributed by atoms with Gasteiger partial charge in [0, 0.05) is 5.56 Å². The van der Waals surface area contributed by atoms with Gasteiger partial charge in [0.15, 0.2) is 0 Å². The molecule has 0 unspecified atom stereocenters. The molecule has 3 N–H and O–H groups in total. The lowest BCUT2D eigenvalue weighted by Crippen LogP contribution is -1.80. The molecule has 0 saturated carbocycles. The monoisotopic (exact) mass is 177 g/mol. The Morgan fingerprint density at radius 2 is 2.08 bits per heavy atom. The number of aliphatic hydroxyl groups is 1. The molecule has 1 aromatic carbocycles. The molecule has 70 valence electrons. The van der Waals surface area contributed by atoms with Gasteiger partial charge in [-0.1, -0.05) is 36.9 Å². The second-order valence-electron chi connectivity index (χ2n) is 2.55. The van der Waals surface area contributed by atoms with Crippen molar-refractivity contribution in [1.29, 1.82) is 0 Å². The number of aryl methyl sites for hydroxylation is 1. The molecular formula is C11H15NO. The minimum absolute atomic E-state index is 0.128.